The van der Waals surface area contributed by atoms with E-state index in [4.69, 9.17) is 4.74 Å². The molecule has 1 unspecified atom stereocenters. The second kappa shape index (κ2) is 8.08. The molecule has 90 valence electrons. The fraction of sp³-hybridized carbons (Fsp3) is 1.00. The fourth-order valence-electron chi connectivity index (χ4n) is 2.04. The molecular weight excluding hydrogens is 188 g/mol. The monoisotopic (exact) mass is 214 g/mol. The predicted molar refractivity (Wildman–Crippen MR) is 64.2 cm³/mol. The van der Waals surface area contributed by atoms with Gasteiger partial charge in [0, 0.05) is 13.2 Å². The van der Waals surface area contributed by atoms with Gasteiger partial charge >= 0.3 is 0 Å². The number of nitrogens with zero attached hydrogens (tertiary/aromatic N) is 1. The molecule has 0 aromatic heterocycles. The maximum Gasteiger partial charge on any atom is 0.0700 e. The van der Waals surface area contributed by atoms with E-state index in [9.17, 15) is 0 Å². The average molecular weight is 214 g/mol. The molecule has 0 aromatic rings. The van der Waals surface area contributed by atoms with Gasteiger partial charge in [-0.1, -0.05) is 13.8 Å². The van der Waals surface area contributed by atoms with Crippen molar-refractivity contribution in [3.63, 3.8) is 0 Å². The highest BCUT2D eigenvalue weighted by molar-refractivity contribution is 4.67. The summed E-state index contributed by atoms with van der Waals surface area (Å²) in [7, 11) is 0. The molecule has 15 heavy (non-hydrogen) atoms. The van der Waals surface area contributed by atoms with Gasteiger partial charge < -0.3 is 15.0 Å². The largest absolute Gasteiger partial charge is 0.377 e. The Kier molecular flexibility index (Phi) is 6.98. The van der Waals surface area contributed by atoms with Crippen LogP contribution in [0.15, 0.2) is 0 Å². The van der Waals surface area contributed by atoms with Gasteiger partial charge in [0.2, 0.25) is 0 Å². The summed E-state index contributed by atoms with van der Waals surface area (Å²) in [6.45, 7) is 11.1. The first kappa shape index (κ1) is 12.9. The highest BCUT2D eigenvalue weighted by Crippen LogP contribution is 2.10. The van der Waals surface area contributed by atoms with Crippen LogP contribution in [0.3, 0.4) is 0 Å². The molecule has 0 aliphatic carbocycles. The second-order valence-corrected chi connectivity index (χ2v) is 4.22. The molecule has 1 aliphatic heterocycles. The van der Waals surface area contributed by atoms with Crippen LogP contribution in [0.25, 0.3) is 0 Å². The molecule has 0 spiro atoms. The van der Waals surface area contributed by atoms with E-state index < -0.39 is 0 Å². The Morgan fingerprint density at radius 1 is 1.33 bits per heavy atom. The van der Waals surface area contributed by atoms with E-state index in [0.717, 1.165) is 19.7 Å². The predicted octanol–water partition coefficient (Wildman–Crippen LogP) is 1.49. The van der Waals surface area contributed by atoms with Crippen LogP contribution >= 0.6 is 0 Å². The molecule has 1 atom stereocenters. The van der Waals surface area contributed by atoms with Gasteiger partial charge in [-0.2, -0.15) is 0 Å². The summed E-state index contributed by atoms with van der Waals surface area (Å²) < 4.78 is 5.55. The van der Waals surface area contributed by atoms with E-state index in [1.807, 2.05) is 0 Å². The minimum atomic E-state index is 0.485. The third-order valence-corrected chi connectivity index (χ3v) is 3.12. The maximum absolute atomic E-state index is 5.55. The zero-order valence-electron chi connectivity index (χ0n) is 10.3. The highest BCUT2D eigenvalue weighted by atomic mass is 16.5. The molecule has 0 amide bonds. The zero-order valence-corrected chi connectivity index (χ0v) is 10.3. The van der Waals surface area contributed by atoms with E-state index in [1.54, 1.807) is 0 Å². The van der Waals surface area contributed by atoms with Crippen molar-refractivity contribution in [2.75, 3.05) is 39.3 Å². The summed E-state index contributed by atoms with van der Waals surface area (Å²) in [5.41, 5.74) is 0. The Balaban J connectivity index is 1.87. The van der Waals surface area contributed by atoms with Gasteiger partial charge in [0.1, 0.15) is 0 Å². The number of rotatable bonds is 8. The van der Waals surface area contributed by atoms with Gasteiger partial charge in [0.25, 0.3) is 0 Å². The lowest BCUT2D eigenvalue weighted by molar-refractivity contribution is 0.110. The van der Waals surface area contributed by atoms with Gasteiger partial charge in [-0.05, 0) is 45.4 Å². The second-order valence-electron chi connectivity index (χ2n) is 4.22. The van der Waals surface area contributed by atoms with Crippen LogP contribution in [0.4, 0.5) is 0 Å². The smallest absolute Gasteiger partial charge is 0.0700 e. The molecule has 1 heterocycles. The number of hydrogen-bond donors (Lipinski definition) is 1. The van der Waals surface area contributed by atoms with Gasteiger partial charge in [0.05, 0.1) is 6.10 Å². The molecule has 1 fully saturated rings. The van der Waals surface area contributed by atoms with E-state index in [-0.39, 0.29) is 0 Å². The Morgan fingerprint density at radius 3 is 2.73 bits per heavy atom. The molecule has 3 heteroatoms. The molecule has 1 rings (SSSR count). The maximum atomic E-state index is 5.55. The molecule has 0 bridgehead atoms. The molecule has 0 saturated carbocycles. The Morgan fingerprint density at radius 2 is 2.13 bits per heavy atom. The minimum absolute atomic E-state index is 0.485. The summed E-state index contributed by atoms with van der Waals surface area (Å²) in [6.07, 6.45) is 4.21. The van der Waals surface area contributed by atoms with Crippen molar-refractivity contribution < 1.29 is 4.74 Å². The standard InChI is InChI=1S/C12H26N2O/c1-3-14(4-2)9-6-8-13-11-12-7-5-10-15-12/h12-13H,3-11H2,1-2H3. The molecule has 3 nitrogen and oxygen atoms in total. The third kappa shape index (κ3) is 5.50. The fourth-order valence-corrected chi connectivity index (χ4v) is 2.04. The lowest BCUT2D eigenvalue weighted by Crippen LogP contribution is -2.30. The van der Waals surface area contributed by atoms with Gasteiger partial charge in [-0.3, -0.25) is 0 Å². The van der Waals surface area contributed by atoms with Crippen LogP contribution < -0.4 is 5.32 Å². The Bertz CT molecular complexity index is 139. The molecule has 0 aromatic carbocycles. The van der Waals surface area contributed by atoms with Crippen LogP contribution in [-0.4, -0.2) is 50.3 Å². The summed E-state index contributed by atoms with van der Waals surface area (Å²) in [5.74, 6) is 0. The number of ether oxygens (including phenoxy) is 1. The van der Waals surface area contributed by atoms with Crippen LogP contribution in [0.1, 0.15) is 33.1 Å². The number of hydrogen-bond acceptors (Lipinski definition) is 3. The lowest BCUT2D eigenvalue weighted by atomic mass is 10.2. The topological polar surface area (TPSA) is 24.5 Å². The Hall–Kier alpha value is -0.120. The van der Waals surface area contributed by atoms with Crippen molar-refractivity contribution in [1.82, 2.24) is 10.2 Å². The van der Waals surface area contributed by atoms with E-state index in [2.05, 4.69) is 24.1 Å². The lowest BCUT2D eigenvalue weighted by Gasteiger charge is -2.18. The summed E-state index contributed by atoms with van der Waals surface area (Å²) in [4.78, 5) is 2.47. The van der Waals surface area contributed by atoms with Crippen LogP contribution in [0, 0.1) is 0 Å². The molecule has 0 radical (unpaired) electrons. The quantitative estimate of drug-likeness (QED) is 0.620. The molecule has 1 saturated heterocycles. The molecule has 1 N–H and O–H groups in total. The van der Waals surface area contributed by atoms with Crippen molar-refractivity contribution >= 4 is 0 Å². The average Bonchev–Trinajstić information content (AvgIpc) is 2.76. The van der Waals surface area contributed by atoms with Crippen molar-refractivity contribution in [1.29, 1.82) is 0 Å². The first-order valence-electron chi connectivity index (χ1n) is 6.41. The first-order valence-corrected chi connectivity index (χ1v) is 6.41. The Labute approximate surface area is 94.2 Å². The third-order valence-electron chi connectivity index (χ3n) is 3.12. The van der Waals surface area contributed by atoms with E-state index in [0.29, 0.717) is 6.10 Å². The SMILES string of the molecule is CCN(CC)CCCNCC1CCCO1. The highest BCUT2D eigenvalue weighted by Gasteiger charge is 2.14. The van der Waals surface area contributed by atoms with Gasteiger partial charge in [0.15, 0.2) is 0 Å². The molecular formula is C12H26N2O. The normalized spacial score (nSPS) is 21.4. The van der Waals surface area contributed by atoms with Crippen molar-refractivity contribution in [2.45, 2.75) is 39.2 Å². The summed E-state index contributed by atoms with van der Waals surface area (Å²) in [6, 6.07) is 0. The van der Waals surface area contributed by atoms with E-state index >= 15 is 0 Å². The van der Waals surface area contributed by atoms with Crippen LogP contribution in [0.5, 0.6) is 0 Å². The zero-order chi connectivity index (χ0) is 10.9. The minimum Gasteiger partial charge on any atom is -0.377 e. The number of nitrogens with one attached hydrogen (secondary N) is 1. The molecule has 1 aliphatic rings. The summed E-state index contributed by atoms with van der Waals surface area (Å²) >= 11 is 0. The van der Waals surface area contributed by atoms with Crippen molar-refractivity contribution in [2.24, 2.45) is 0 Å². The van der Waals surface area contributed by atoms with Crippen molar-refractivity contribution in [3.05, 3.63) is 0 Å². The van der Waals surface area contributed by atoms with Gasteiger partial charge in [-0.15, -0.1) is 0 Å². The van der Waals surface area contributed by atoms with Crippen LogP contribution in [0.2, 0.25) is 0 Å². The van der Waals surface area contributed by atoms with E-state index in [1.165, 1.54) is 38.9 Å². The first-order chi connectivity index (χ1) is 7.36. The summed E-state index contributed by atoms with van der Waals surface area (Å²) in [5, 5.41) is 3.48. The van der Waals surface area contributed by atoms with Crippen LogP contribution in [-0.2, 0) is 4.74 Å². The van der Waals surface area contributed by atoms with Crippen molar-refractivity contribution in [3.8, 4) is 0 Å². The van der Waals surface area contributed by atoms with Gasteiger partial charge in [-0.25, -0.2) is 0 Å².